The van der Waals surface area contributed by atoms with Gasteiger partial charge >= 0.3 is 12.6 Å². The lowest BCUT2D eigenvalue weighted by Crippen LogP contribution is -2.35. The van der Waals surface area contributed by atoms with Crippen LogP contribution in [0.2, 0.25) is 0 Å². The van der Waals surface area contributed by atoms with Gasteiger partial charge in [-0.25, -0.2) is 0 Å². The second-order valence-corrected chi connectivity index (χ2v) is 6.17. The van der Waals surface area contributed by atoms with E-state index >= 15 is 0 Å². The van der Waals surface area contributed by atoms with E-state index in [9.17, 15) is 33.3 Å². The Labute approximate surface area is 173 Å². The number of nitro groups is 1. The van der Waals surface area contributed by atoms with Crippen LogP contribution in [0, 0.1) is 10.1 Å². The summed E-state index contributed by atoms with van der Waals surface area (Å²) in [5.74, 6) is -3.14. The number of fused-ring (bicyclic) bond motifs is 1. The number of benzene rings is 2. The Morgan fingerprint density at radius 3 is 2.26 bits per heavy atom. The third-order valence-electron chi connectivity index (χ3n) is 4.33. The maximum atomic E-state index is 12.5. The number of methoxy groups -OCH3 is 1. The highest BCUT2D eigenvalue weighted by atomic mass is 19.3. The van der Waals surface area contributed by atoms with Gasteiger partial charge in [0.2, 0.25) is 0 Å². The number of hydrogen-bond donors (Lipinski definition) is 0. The van der Waals surface area contributed by atoms with Gasteiger partial charge in [-0.1, -0.05) is 12.1 Å². The van der Waals surface area contributed by atoms with Gasteiger partial charge in [-0.15, -0.1) is 0 Å². The van der Waals surface area contributed by atoms with Gasteiger partial charge in [-0.2, -0.15) is 8.78 Å². The SMILES string of the molecule is COc1cc(COC(=O)CN2C(=O)c3ccccc3C2=O)c([N+](=O)[O-])cc1OC(F)F. The van der Waals surface area contributed by atoms with Crippen molar-refractivity contribution in [2.75, 3.05) is 13.7 Å². The van der Waals surface area contributed by atoms with E-state index in [1.807, 2.05) is 0 Å². The average molecular weight is 436 g/mol. The summed E-state index contributed by atoms with van der Waals surface area (Å²) in [4.78, 5) is 47.8. The molecule has 162 valence electrons. The molecule has 0 spiro atoms. The molecule has 0 bridgehead atoms. The van der Waals surface area contributed by atoms with Gasteiger partial charge in [-0.05, 0) is 18.2 Å². The zero-order chi connectivity index (χ0) is 22.7. The fourth-order valence-electron chi connectivity index (χ4n) is 2.94. The average Bonchev–Trinajstić information content (AvgIpc) is 2.97. The van der Waals surface area contributed by atoms with Crippen LogP contribution in [-0.2, 0) is 16.1 Å². The number of nitrogens with zero attached hydrogens (tertiary/aromatic N) is 2. The van der Waals surface area contributed by atoms with Crippen molar-refractivity contribution >= 4 is 23.5 Å². The van der Waals surface area contributed by atoms with Crippen LogP contribution in [0.25, 0.3) is 0 Å². The first-order valence-electron chi connectivity index (χ1n) is 8.64. The molecule has 1 aliphatic rings. The Balaban J connectivity index is 1.73. The van der Waals surface area contributed by atoms with Gasteiger partial charge in [0.05, 0.1) is 34.8 Å². The van der Waals surface area contributed by atoms with Crippen LogP contribution in [-0.4, -0.2) is 47.9 Å². The zero-order valence-corrected chi connectivity index (χ0v) is 15.9. The number of carbonyl (C=O) groups excluding carboxylic acids is 3. The smallest absolute Gasteiger partial charge is 0.387 e. The molecule has 0 radical (unpaired) electrons. The number of alkyl halides is 2. The summed E-state index contributed by atoms with van der Waals surface area (Å²) in [7, 11) is 1.14. The number of imide groups is 1. The van der Waals surface area contributed by atoms with Crippen molar-refractivity contribution < 1.29 is 42.3 Å². The molecule has 2 aromatic carbocycles. The molecule has 0 unspecified atom stereocenters. The highest BCUT2D eigenvalue weighted by Crippen LogP contribution is 2.36. The molecule has 2 aromatic rings. The highest BCUT2D eigenvalue weighted by Gasteiger charge is 2.36. The molecule has 0 aromatic heterocycles. The lowest BCUT2D eigenvalue weighted by molar-refractivity contribution is -0.386. The second kappa shape index (κ2) is 8.73. The fourth-order valence-corrected chi connectivity index (χ4v) is 2.94. The van der Waals surface area contributed by atoms with E-state index in [1.165, 1.54) is 12.1 Å². The Hall–Kier alpha value is -4.09. The Bertz CT molecular complexity index is 1040. The number of rotatable bonds is 8. The standard InChI is InChI=1S/C19H14F2N2O8/c1-29-14-6-10(13(23(27)28)7-15(14)31-19(20)21)9-30-16(24)8-22-17(25)11-4-2-3-5-12(11)18(22)26/h2-7,19H,8-9H2,1H3. The molecule has 0 atom stereocenters. The number of amides is 2. The number of esters is 1. The molecule has 3 rings (SSSR count). The molecular weight excluding hydrogens is 422 g/mol. The first-order chi connectivity index (χ1) is 14.7. The maximum absolute atomic E-state index is 12.5. The Kier molecular flexibility index (Phi) is 6.09. The van der Waals surface area contributed by atoms with E-state index < -0.39 is 53.9 Å². The third-order valence-corrected chi connectivity index (χ3v) is 4.33. The van der Waals surface area contributed by atoms with Crippen LogP contribution in [0.15, 0.2) is 36.4 Å². The van der Waals surface area contributed by atoms with Crippen molar-refractivity contribution in [3.8, 4) is 11.5 Å². The van der Waals surface area contributed by atoms with Crippen LogP contribution in [0.4, 0.5) is 14.5 Å². The van der Waals surface area contributed by atoms with Crippen LogP contribution >= 0.6 is 0 Å². The molecule has 31 heavy (non-hydrogen) atoms. The van der Waals surface area contributed by atoms with E-state index in [0.29, 0.717) is 4.90 Å². The highest BCUT2D eigenvalue weighted by molar-refractivity contribution is 6.22. The second-order valence-electron chi connectivity index (χ2n) is 6.17. The van der Waals surface area contributed by atoms with Crippen LogP contribution in [0.5, 0.6) is 11.5 Å². The van der Waals surface area contributed by atoms with Crippen molar-refractivity contribution in [3.05, 3.63) is 63.2 Å². The lowest BCUT2D eigenvalue weighted by atomic mass is 10.1. The molecule has 0 saturated carbocycles. The van der Waals surface area contributed by atoms with E-state index in [-0.39, 0.29) is 22.4 Å². The number of ether oxygens (including phenoxy) is 3. The molecule has 0 fully saturated rings. The molecule has 0 aliphatic carbocycles. The minimum absolute atomic E-state index is 0.148. The number of hydrogen-bond acceptors (Lipinski definition) is 8. The summed E-state index contributed by atoms with van der Waals surface area (Å²) >= 11 is 0. The summed E-state index contributed by atoms with van der Waals surface area (Å²) in [6.07, 6.45) is 0. The van der Waals surface area contributed by atoms with E-state index in [0.717, 1.165) is 19.2 Å². The van der Waals surface area contributed by atoms with Crippen molar-refractivity contribution in [3.63, 3.8) is 0 Å². The maximum Gasteiger partial charge on any atom is 0.387 e. The third kappa shape index (κ3) is 4.42. The first kappa shape index (κ1) is 21.6. The zero-order valence-electron chi connectivity index (χ0n) is 15.9. The van der Waals surface area contributed by atoms with Crippen LogP contribution < -0.4 is 9.47 Å². The fraction of sp³-hybridized carbons (Fsp3) is 0.211. The minimum Gasteiger partial charge on any atom is -0.493 e. The summed E-state index contributed by atoms with van der Waals surface area (Å²) in [5, 5.41) is 11.3. The predicted molar refractivity (Wildman–Crippen MR) is 97.9 cm³/mol. The van der Waals surface area contributed by atoms with Crippen molar-refractivity contribution in [2.24, 2.45) is 0 Å². The van der Waals surface area contributed by atoms with E-state index in [2.05, 4.69) is 4.74 Å². The number of nitro benzene ring substituents is 1. The summed E-state index contributed by atoms with van der Waals surface area (Å²) in [6, 6.07) is 7.77. The Morgan fingerprint density at radius 1 is 1.13 bits per heavy atom. The summed E-state index contributed by atoms with van der Waals surface area (Å²) in [5.41, 5.74) is -0.519. The van der Waals surface area contributed by atoms with Gasteiger partial charge in [0.15, 0.2) is 11.5 Å². The van der Waals surface area contributed by atoms with E-state index in [4.69, 9.17) is 9.47 Å². The molecule has 10 nitrogen and oxygen atoms in total. The first-order valence-corrected chi connectivity index (χ1v) is 8.64. The molecule has 1 heterocycles. The van der Waals surface area contributed by atoms with Gasteiger partial charge in [-0.3, -0.25) is 29.4 Å². The van der Waals surface area contributed by atoms with Crippen LogP contribution in [0.1, 0.15) is 26.3 Å². The minimum atomic E-state index is -3.24. The largest absolute Gasteiger partial charge is 0.493 e. The van der Waals surface area contributed by atoms with Gasteiger partial charge in [0.1, 0.15) is 13.2 Å². The number of carbonyl (C=O) groups is 3. The van der Waals surface area contributed by atoms with Crippen molar-refractivity contribution in [1.82, 2.24) is 4.90 Å². The predicted octanol–water partition coefficient (Wildman–Crippen LogP) is 2.54. The topological polar surface area (TPSA) is 125 Å². The monoisotopic (exact) mass is 436 g/mol. The van der Waals surface area contributed by atoms with Crippen molar-refractivity contribution in [2.45, 2.75) is 13.2 Å². The summed E-state index contributed by atoms with van der Waals surface area (Å²) in [6.45, 7) is -4.58. The quantitative estimate of drug-likeness (QED) is 0.268. The molecule has 1 aliphatic heterocycles. The van der Waals surface area contributed by atoms with E-state index in [1.54, 1.807) is 12.1 Å². The molecule has 12 heteroatoms. The molecule has 0 N–H and O–H groups in total. The molecular formula is C19H14F2N2O8. The van der Waals surface area contributed by atoms with Gasteiger partial charge < -0.3 is 14.2 Å². The van der Waals surface area contributed by atoms with Crippen LogP contribution in [0.3, 0.4) is 0 Å². The lowest BCUT2D eigenvalue weighted by Gasteiger charge is -2.14. The van der Waals surface area contributed by atoms with Crippen molar-refractivity contribution in [1.29, 1.82) is 0 Å². The van der Waals surface area contributed by atoms with Gasteiger partial charge in [0, 0.05) is 0 Å². The normalized spacial score (nSPS) is 12.7. The summed E-state index contributed by atoms with van der Waals surface area (Å²) < 4.78 is 39.0. The molecule has 2 amide bonds. The Morgan fingerprint density at radius 2 is 1.74 bits per heavy atom. The van der Waals surface area contributed by atoms with Gasteiger partial charge in [0.25, 0.3) is 17.5 Å². The molecule has 0 saturated heterocycles. The number of halogens is 2.